The topological polar surface area (TPSA) is 50.8 Å². The largest absolute Gasteiger partial charge is 0.573 e. The number of carbonyl (C=O) groups excluding carboxylic acids is 1. The second-order valence-corrected chi connectivity index (χ2v) is 9.23. The summed E-state index contributed by atoms with van der Waals surface area (Å²) in [7, 11) is 0. The van der Waals surface area contributed by atoms with Crippen LogP contribution in [-0.2, 0) is 6.54 Å². The normalized spacial score (nSPS) is 15.3. The summed E-state index contributed by atoms with van der Waals surface area (Å²) in [6.07, 6.45) is -1.58. The Morgan fingerprint density at radius 3 is 2.53 bits per heavy atom. The number of hydrogen-bond donors (Lipinski definition) is 1. The molecule has 12 heteroatoms. The van der Waals surface area contributed by atoms with Crippen LogP contribution in [0.5, 0.6) is 11.5 Å². The molecule has 1 heterocycles. The van der Waals surface area contributed by atoms with Gasteiger partial charge in [-0.2, -0.15) is 0 Å². The van der Waals surface area contributed by atoms with Crippen molar-refractivity contribution in [3.05, 3.63) is 57.3 Å². The number of carbonyl (C=O) groups is 1. The van der Waals surface area contributed by atoms with E-state index in [0.29, 0.717) is 31.8 Å². The summed E-state index contributed by atoms with van der Waals surface area (Å²) in [6.45, 7) is 2.15. The van der Waals surface area contributed by atoms with Crippen LogP contribution in [0.25, 0.3) is 0 Å². The molecule has 1 fully saturated rings. The zero-order valence-electron chi connectivity index (χ0n) is 18.1. The van der Waals surface area contributed by atoms with Crippen LogP contribution in [0.15, 0.2) is 30.3 Å². The third kappa shape index (κ3) is 7.83. The van der Waals surface area contributed by atoms with E-state index in [9.17, 15) is 22.4 Å². The van der Waals surface area contributed by atoms with Crippen LogP contribution >= 0.6 is 35.1 Å². The molecule has 1 amide bonds. The van der Waals surface area contributed by atoms with E-state index in [-0.39, 0.29) is 33.0 Å². The lowest BCUT2D eigenvalue weighted by atomic mass is 9.97. The third-order valence-electron chi connectivity index (χ3n) is 5.21. The first-order valence-electron chi connectivity index (χ1n) is 10.3. The summed E-state index contributed by atoms with van der Waals surface area (Å²) in [6, 6.07) is 6.40. The fraction of sp³-hybridized carbons (Fsp3) is 0.409. The first-order chi connectivity index (χ1) is 16.0. The van der Waals surface area contributed by atoms with Gasteiger partial charge in [0.25, 0.3) is 5.91 Å². The predicted octanol–water partition coefficient (Wildman–Crippen LogP) is 6.33. The zero-order chi connectivity index (χ0) is 24.9. The van der Waals surface area contributed by atoms with Crippen molar-refractivity contribution in [2.75, 3.05) is 26.0 Å². The molecule has 0 saturated carbocycles. The standard InChI is InChI=1S/C22H22Cl2F4N2O3S/c1-34-29-21(31)17-9-18(24)20(10-19(17)25)32-12-13-2-4-30(5-3-13)11-14-6-15(23)8-16(7-14)33-22(26,27)28/h6-10,13H,2-5,11-12H2,1H3,(H,29,31). The van der Waals surface area contributed by atoms with Gasteiger partial charge in [-0.05, 0) is 61.7 Å². The molecule has 2 aromatic rings. The summed E-state index contributed by atoms with van der Waals surface area (Å²) < 4.78 is 63.9. The van der Waals surface area contributed by atoms with Crippen LogP contribution in [-0.4, -0.2) is 43.1 Å². The molecule has 0 aromatic heterocycles. The minimum absolute atomic E-state index is 0.142. The third-order valence-corrected chi connectivity index (χ3v) is 6.12. The van der Waals surface area contributed by atoms with Crippen molar-refractivity contribution < 1.29 is 31.8 Å². The molecule has 0 unspecified atom stereocenters. The Morgan fingerprint density at radius 2 is 1.88 bits per heavy atom. The van der Waals surface area contributed by atoms with Crippen molar-refractivity contribution in [2.24, 2.45) is 5.92 Å². The summed E-state index contributed by atoms with van der Waals surface area (Å²) in [5.74, 6) is -1.30. The van der Waals surface area contributed by atoms with Gasteiger partial charge in [-0.3, -0.25) is 14.4 Å². The molecule has 0 spiro atoms. The zero-order valence-corrected chi connectivity index (χ0v) is 20.4. The van der Waals surface area contributed by atoms with Crippen molar-refractivity contribution in [1.29, 1.82) is 0 Å². The van der Waals surface area contributed by atoms with E-state index in [0.717, 1.165) is 36.9 Å². The molecule has 186 valence electrons. The number of benzene rings is 2. The Balaban J connectivity index is 1.51. The molecule has 0 aliphatic carbocycles. The second-order valence-electron chi connectivity index (χ2n) is 7.77. The van der Waals surface area contributed by atoms with Gasteiger partial charge in [0.15, 0.2) is 0 Å². The Labute approximate surface area is 208 Å². The number of rotatable bonds is 8. The van der Waals surface area contributed by atoms with Gasteiger partial charge in [-0.15, -0.1) is 13.2 Å². The molecule has 2 aromatic carbocycles. The Morgan fingerprint density at radius 1 is 1.18 bits per heavy atom. The molecule has 0 radical (unpaired) electrons. The van der Waals surface area contributed by atoms with Crippen molar-refractivity contribution >= 4 is 41.1 Å². The minimum atomic E-state index is -4.78. The van der Waals surface area contributed by atoms with E-state index in [1.54, 1.807) is 12.3 Å². The number of halogens is 6. The lowest BCUT2D eigenvalue weighted by molar-refractivity contribution is -0.274. The molecule has 1 aliphatic heterocycles. The highest BCUT2D eigenvalue weighted by molar-refractivity contribution is 7.97. The summed E-state index contributed by atoms with van der Waals surface area (Å²) in [5, 5.41) is 0.309. The van der Waals surface area contributed by atoms with Crippen LogP contribution < -0.4 is 14.2 Å². The van der Waals surface area contributed by atoms with Crippen molar-refractivity contribution in [3.63, 3.8) is 0 Å². The molecule has 1 aliphatic rings. The van der Waals surface area contributed by atoms with Gasteiger partial charge in [-0.25, -0.2) is 4.39 Å². The predicted molar refractivity (Wildman–Crippen MR) is 124 cm³/mol. The maximum Gasteiger partial charge on any atom is 0.573 e. The van der Waals surface area contributed by atoms with Crippen LogP contribution in [0.3, 0.4) is 0 Å². The van der Waals surface area contributed by atoms with Gasteiger partial charge in [0.1, 0.15) is 17.3 Å². The molecule has 1 N–H and O–H groups in total. The number of nitrogens with zero attached hydrogens (tertiary/aromatic N) is 1. The van der Waals surface area contributed by atoms with E-state index in [1.165, 1.54) is 12.1 Å². The molecular weight excluding hydrogens is 519 g/mol. The van der Waals surface area contributed by atoms with Crippen LogP contribution in [0.1, 0.15) is 28.8 Å². The quantitative estimate of drug-likeness (QED) is 0.313. The SMILES string of the molecule is CSNC(=O)c1cc(Cl)c(OCC2CCN(Cc3cc(Cl)cc(OC(F)(F)F)c3)CC2)cc1F. The number of ether oxygens (including phenoxy) is 2. The second kappa shape index (κ2) is 11.7. The van der Waals surface area contributed by atoms with E-state index < -0.39 is 18.1 Å². The van der Waals surface area contributed by atoms with Gasteiger partial charge < -0.3 is 9.47 Å². The van der Waals surface area contributed by atoms with Crippen LogP contribution in [0, 0.1) is 11.7 Å². The molecular formula is C22H22Cl2F4N2O3S. The number of nitrogens with one attached hydrogen (secondary N) is 1. The highest BCUT2D eigenvalue weighted by atomic mass is 35.5. The number of piperidine rings is 1. The number of hydrogen-bond acceptors (Lipinski definition) is 5. The highest BCUT2D eigenvalue weighted by Crippen LogP contribution is 2.31. The molecule has 3 rings (SSSR count). The van der Waals surface area contributed by atoms with Gasteiger partial charge in [0.05, 0.1) is 17.2 Å². The number of alkyl halides is 3. The first kappa shape index (κ1) is 26.7. The molecule has 1 saturated heterocycles. The maximum absolute atomic E-state index is 14.3. The minimum Gasteiger partial charge on any atom is -0.492 e. The Kier molecular flexibility index (Phi) is 9.20. The van der Waals surface area contributed by atoms with Crippen molar-refractivity contribution in [2.45, 2.75) is 25.7 Å². The number of amides is 1. The first-order valence-corrected chi connectivity index (χ1v) is 12.2. The molecule has 0 atom stereocenters. The fourth-order valence-electron chi connectivity index (χ4n) is 3.64. The van der Waals surface area contributed by atoms with E-state index in [1.807, 2.05) is 0 Å². The average Bonchev–Trinajstić information content (AvgIpc) is 2.73. The number of likely N-dealkylation sites (tertiary alicyclic amines) is 1. The summed E-state index contributed by atoms with van der Waals surface area (Å²) >= 11 is 13.2. The van der Waals surface area contributed by atoms with Gasteiger partial charge in [0, 0.05) is 23.9 Å². The summed E-state index contributed by atoms with van der Waals surface area (Å²) in [4.78, 5) is 14.0. The fourth-order valence-corrected chi connectivity index (χ4v) is 4.40. The lowest BCUT2D eigenvalue weighted by Crippen LogP contribution is -2.35. The maximum atomic E-state index is 14.3. The molecule has 0 bridgehead atoms. The van der Waals surface area contributed by atoms with Gasteiger partial charge in [-0.1, -0.05) is 35.1 Å². The van der Waals surface area contributed by atoms with Crippen molar-refractivity contribution in [1.82, 2.24) is 9.62 Å². The Bertz CT molecular complexity index is 1020. The van der Waals surface area contributed by atoms with E-state index in [2.05, 4.69) is 14.4 Å². The van der Waals surface area contributed by atoms with Crippen LogP contribution in [0.2, 0.25) is 10.0 Å². The van der Waals surface area contributed by atoms with Crippen LogP contribution in [0.4, 0.5) is 17.6 Å². The molecule has 5 nitrogen and oxygen atoms in total. The highest BCUT2D eigenvalue weighted by Gasteiger charge is 2.31. The average molecular weight is 541 g/mol. The Hall–Kier alpha value is -1.88. The molecule has 34 heavy (non-hydrogen) atoms. The lowest BCUT2D eigenvalue weighted by Gasteiger charge is -2.32. The van der Waals surface area contributed by atoms with E-state index in [4.69, 9.17) is 27.9 Å². The van der Waals surface area contributed by atoms with Gasteiger partial charge in [0.2, 0.25) is 0 Å². The van der Waals surface area contributed by atoms with Gasteiger partial charge >= 0.3 is 6.36 Å². The van der Waals surface area contributed by atoms with E-state index >= 15 is 0 Å². The van der Waals surface area contributed by atoms with Crippen molar-refractivity contribution in [3.8, 4) is 11.5 Å². The monoisotopic (exact) mass is 540 g/mol. The summed E-state index contributed by atoms with van der Waals surface area (Å²) in [5.41, 5.74) is 0.458. The smallest absolute Gasteiger partial charge is 0.492 e.